The van der Waals surface area contributed by atoms with Gasteiger partial charge in [-0.2, -0.15) is 13.2 Å². The number of hydrogen-bond acceptors (Lipinski definition) is 4. The van der Waals surface area contributed by atoms with Crippen molar-refractivity contribution in [3.05, 3.63) is 53.6 Å². The van der Waals surface area contributed by atoms with E-state index < -0.39 is 17.7 Å². The Labute approximate surface area is 178 Å². The van der Waals surface area contributed by atoms with E-state index in [0.29, 0.717) is 5.92 Å². The minimum atomic E-state index is -4.59. The lowest BCUT2D eigenvalue weighted by Gasteiger charge is -2.25. The molecule has 1 aliphatic rings. The second-order valence-electron chi connectivity index (χ2n) is 7.74. The molecule has 3 rings (SSSR count). The summed E-state index contributed by atoms with van der Waals surface area (Å²) in [6.07, 6.45) is -1.11. The number of anilines is 1. The van der Waals surface area contributed by atoms with Gasteiger partial charge in [0.2, 0.25) is 5.91 Å². The number of carbonyl (C=O) groups excluding carboxylic acids is 2. The van der Waals surface area contributed by atoms with E-state index in [1.165, 1.54) is 43.5 Å². The summed E-state index contributed by atoms with van der Waals surface area (Å²) in [5, 5.41) is 2.76. The molecule has 1 N–H and O–H groups in total. The Morgan fingerprint density at radius 2 is 1.71 bits per heavy atom. The molecular formula is C23H24F3NO4. The smallest absolute Gasteiger partial charge is 0.419 e. The van der Waals surface area contributed by atoms with E-state index in [1.54, 1.807) is 0 Å². The van der Waals surface area contributed by atoms with E-state index in [9.17, 15) is 22.8 Å². The Kier molecular flexibility index (Phi) is 6.87. The molecule has 1 aliphatic carbocycles. The number of amides is 1. The van der Waals surface area contributed by atoms with Crippen LogP contribution in [0.5, 0.6) is 11.5 Å². The first kappa shape index (κ1) is 22.7. The Morgan fingerprint density at radius 1 is 1.03 bits per heavy atom. The van der Waals surface area contributed by atoms with Crippen LogP contribution in [0.25, 0.3) is 0 Å². The van der Waals surface area contributed by atoms with Gasteiger partial charge in [-0.1, -0.05) is 19.1 Å². The molecule has 1 fully saturated rings. The molecule has 0 aromatic heterocycles. The lowest BCUT2D eigenvalue weighted by Crippen LogP contribution is -2.27. The van der Waals surface area contributed by atoms with Crippen LogP contribution >= 0.6 is 0 Å². The van der Waals surface area contributed by atoms with E-state index in [1.807, 2.05) is 0 Å². The van der Waals surface area contributed by atoms with E-state index in [4.69, 9.17) is 9.47 Å². The number of halogens is 3. The van der Waals surface area contributed by atoms with Crippen LogP contribution in [0.2, 0.25) is 0 Å². The molecule has 0 atom stereocenters. The molecular weight excluding hydrogens is 411 g/mol. The van der Waals surface area contributed by atoms with Crippen molar-refractivity contribution in [3.8, 4) is 11.5 Å². The maximum atomic E-state index is 13.2. The summed E-state index contributed by atoms with van der Waals surface area (Å²) in [4.78, 5) is 24.9. The van der Waals surface area contributed by atoms with Crippen molar-refractivity contribution in [1.82, 2.24) is 0 Å². The molecule has 0 spiro atoms. The molecule has 0 heterocycles. The molecule has 1 saturated carbocycles. The third-order valence-electron chi connectivity index (χ3n) is 5.46. The van der Waals surface area contributed by atoms with Crippen molar-refractivity contribution in [3.63, 3.8) is 0 Å². The normalized spacial score (nSPS) is 18.9. The molecule has 0 unspecified atom stereocenters. The quantitative estimate of drug-likeness (QED) is 0.581. The number of hydrogen-bond donors (Lipinski definition) is 1. The summed E-state index contributed by atoms with van der Waals surface area (Å²) in [7, 11) is 1.18. The SMILES string of the molecule is COC(=O)c1cc(Oc2ccccc2C(F)(F)F)ccc1NC(=O)C1CCC(C)CC1. The minimum absolute atomic E-state index is 0.00187. The van der Waals surface area contributed by atoms with Crippen molar-refractivity contribution in [2.45, 2.75) is 38.8 Å². The summed E-state index contributed by atoms with van der Waals surface area (Å²) in [5.41, 5.74) is -0.701. The molecule has 0 aliphatic heterocycles. The molecule has 166 valence electrons. The second kappa shape index (κ2) is 9.41. The van der Waals surface area contributed by atoms with Crippen molar-refractivity contribution in [1.29, 1.82) is 0 Å². The lowest BCUT2D eigenvalue weighted by atomic mass is 9.82. The first-order valence-electron chi connectivity index (χ1n) is 10.1. The van der Waals surface area contributed by atoms with Crippen molar-refractivity contribution in [2.24, 2.45) is 11.8 Å². The first-order chi connectivity index (χ1) is 14.7. The van der Waals surface area contributed by atoms with Gasteiger partial charge in [0.05, 0.1) is 23.9 Å². The Bertz CT molecular complexity index is 950. The number of para-hydroxylation sites is 1. The molecule has 31 heavy (non-hydrogen) atoms. The zero-order valence-electron chi connectivity index (χ0n) is 17.3. The number of benzene rings is 2. The summed E-state index contributed by atoms with van der Waals surface area (Å²) < 4.78 is 49.9. The third-order valence-corrected chi connectivity index (χ3v) is 5.46. The summed E-state index contributed by atoms with van der Waals surface area (Å²) in [6, 6.07) is 8.89. The topological polar surface area (TPSA) is 64.6 Å². The predicted molar refractivity (Wildman–Crippen MR) is 109 cm³/mol. The monoisotopic (exact) mass is 435 g/mol. The first-order valence-corrected chi connectivity index (χ1v) is 10.1. The van der Waals surface area contributed by atoms with Crippen molar-refractivity contribution in [2.75, 3.05) is 12.4 Å². The summed E-state index contributed by atoms with van der Waals surface area (Å²) in [5.74, 6) is -0.849. The van der Waals surface area contributed by atoms with Crippen LogP contribution in [-0.4, -0.2) is 19.0 Å². The van der Waals surface area contributed by atoms with Crippen molar-refractivity contribution >= 4 is 17.6 Å². The highest BCUT2D eigenvalue weighted by Crippen LogP contribution is 2.38. The van der Waals surface area contributed by atoms with Crippen LogP contribution in [0.4, 0.5) is 18.9 Å². The third kappa shape index (κ3) is 5.57. The zero-order valence-corrected chi connectivity index (χ0v) is 17.3. The summed E-state index contributed by atoms with van der Waals surface area (Å²) in [6.45, 7) is 2.15. The fourth-order valence-corrected chi connectivity index (χ4v) is 3.65. The fraction of sp³-hybridized carbons (Fsp3) is 0.391. The second-order valence-corrected chi connectivity index (χ2v) is 7.74. The average molecular weight is 435 g/mol. The van der Waals surface area contributed by atoms with Crippen LogP contribution in [0, 0.1) is 11.8 Å². The maximum Gasteiger partial charge on any atom is 0.419 e. The van der Waals surface area contributed by atoms with Crippen molar-refractivity contribution < 1.29 is 32.2 Å². The summed E-state index contributed by atoms with van der Waals surface area (Å²) >= 11 is 0. The predicted octanol–water partition coefficient (Wildman–Crippen LogP) is 6.05. The molecule has 5 nitrogen and oxygen atoms in total. The lowest BCUT2D eigenvalue weighted by molar-refractivity contribution is -0.138. The highest BCUT2D eigenvalue weighted by atomic mass is 19.4. The van der Waals surface area contributed by atoms with E-state index >= 15 is 0 Å². The van der Waals surface area contributed by atoms with Gasteiger partial charge in [0.1, 0.15) is 11.5 Å². The van der Waals surface area contributed by atoms with Gasteiger partial charge in [0.15, 0.2) is 0 Å². The van der Waals surface area contributed by atoms with E-state index in [2.05, 4.69) is 12.2 Å². The van der Waals surface area contributed by atoms with Gasteiger partial charge >= 0.3 is 12.1 Å². The minimum Gasteiger partial charge on any atom is -0.465 e. The number of alkyl halides is 3. The molecule has 0 bridgehead atoms. The molecule has 2 aromatic carbocycles. The van der Waals surface area contributed by atoms with Crippen LogP contribution in [-0.2, 0) is 15.7 Å². The zero-order chi connectivity index (χ0) is 22.6. The number of rotatable bonds is 5. The Balaban J connectivity index is 1.84. The Morgan fingerprint density at radius 3 is 2.35 bits per heavy atom. The highest BCUT2D eigenvalue weighted by Gasteiger charge is 2.34. The molecule has 0 radical (unpaired) electrons. The largest absolute Gasteiger partial charge is 0.465 e. The van der Waals surface area contributed by atoms with Crippen LogP contribution in [0.3, 0.4) is 0 Å². The van der Waals surface area contributed by atoms with Crippen LogP contribution < -0.4 is 10.1 Å². The van der Waals surface area contributed by atoms with Crippen LogP contribution in [0.15, 0.2) is 42.5 Å². The van der Waals surface area contributed by atoms with E-state index in [-0.39, 0.29) is 34.6 Å². The maximum absolute atomic E-state index is 13.2. The van der Waals surface area contributed by atoms with Gasteiger partial charge in [-0.25, -0.2) is 4.79 Å². The molecule has 0 saturated heterocycles. The number of ether oxygens (including phenoxy) is 2. The van der Waals surface area contributed by atoms with Gasteiger partial charge in [-0.05, 0) is 61.9 Å². The molecule has 8 heteroatoms. The fourth-order valence-electron chi connectivity index (χ4n) is 3.65. The standard InChI is InChI=1S/C23H24F3NO4/c1-14-7-9-15(10-8-14)21(28)27-19-12-11-16(13-17(19)22(29)30-2)31-20-6-4-3-5-18(20)23(24,25)26/h3-6,11-15H,7-10H2,1-2H3,(H,27,28). The highest BCUT2D eigenvalue weighted by molar-refractivity contribution is 6.02. The van der Waals surface area contributed by atoms with E-state index in [0.717, 1.165) is 31.7 Å². The number of carbonyl (C=O) groups is 2. The van der Waals surface area contributed by atoms with Gasteiger partial charge < -0.3 is 14.8 Å². The van der Waals surface area contributed by atoms with Crippen LogP contribution in [0.1, 0.15) is 48.5 Å². The van der Waals surface area contributed by atoms with Gasteiger partial charge in [-0.3, -0.25) is 4.79 Å². The molecule has 1 amide bonds. The number of esters is 1. The average Bonchev–Trinajstić information content (AvgIpc) is 2.74. The Hall–Kier alpha value is -3.03. The van der Waals surface area contributed by atoms with Gasteiger partial charge in [0.25, 0.3) is 0 Å². The number of methoxy groups -OCH3 is 1. The number of nitrogens with one attached hydrogen (secondary N) is 1. The molecule has 2 aromatic rings. The van der Waals surface area contributed by atoms with Gasteiger partial charge in [-0.15, -0.1) is 0 Å². The van der Waals surface area contributed by atoms with Gasteiger partial charge in [0, 0.05) is 5.92 Å².